The van der Waals surface area contributed by atoms with Gasteiger partial charge in [-0.2, -0.15) is 8.42 Å². The number of ether oxygens (including phenoxy) is 1. The normalized spacial score (nSPS) is 22.4. The first kappa shape index (κ1) is 15.5. The third-order valence-corrected chi connectivity index (χ3v) is 5.23. The molecule has 0 bridgehead atoms. The Balaban J connectivity index is 1.69. The van der Waals surface area contributed by atoms with E-state index in [1.165, 1.54) is 0 Å². The molecule has 1 aromatic carbocycles. The van der Waals surface area contributed by atoms with Gasteiger partial charge in [0.15, 0.2) is 0 Å². The SMILES string of the molecule is CCCCOS(=O)(=O)C1CC(OCc2ccccc2)C1. The van der Waals surface area contributed by atoms with Gasteiger partial charge in [0.1, 0.15) is 0 Å². The van der Waals surface area contributed by atoms with Crippen LogP contribution in [0.4, 0.5) is 0 Å². The highest BCUT2D eigenvalue weighted by Crippen LogP contribution is 2.31. The van der Waals surface area contributed by atoms with E-state index in [9.17, 15) is 8.42 Å². The van der Waals surface area contributed by atoms with Gasteiger partial charge in [-0.15, -0.1) is 0 Å². The van der Waals surface area contributed by atoms with Crippen molar-refractivity contribution in [3.8, 4) is 0 Å². The van der Waals surface area contributed by atoms with E-state index >= 15 is 0 Å². The molecule has 0 unspecified atom stereocenters. The lowest BCUT2D eigenvalue weighted by molar-refractivity contribution is -0.00828. The van der Waals surface area contributed by atoms with E-state index in [1.54, 1.807) is 0 Å². The highest BCUT2D eigenvalue weighted by molar-refractivity contribution is 7.87. The number of hydrogen-bond donors (Lipinski definition) is 0. The van der Waals surface area contributed by atoms with Gasteiger partial charge in [0, 0.05) is 0 Å². The summed E-state index contributed by atoms with van der Waals surface area (Å²) in [5, 5.41) is -0.389. The van der Waals surface area contributed by atoms with E-state index in [-0.39, 0.29) is 11.4 Å². The molecule has 2 rings (SSSR count). The van der Waals surface area contributed by atoms with Gasteiger partial charge in [0.05, 0.1) is 24.6 Å². The zero-order valence-corrected chi connectivity index (χ0v) is 12.6. The van der Waals surface area contributed by atoms with Crippen molar-refractivity contribution in [2.24, 2.45) is 0 Å². The highest BCUT2D eigenvalue weighted by Gasteiger charge is 2.40. The van der Waals surface area contributed by atoms with E-state index in [1.807, 2.05) is 37.3 Å². The van der Waals surface area contributed by atoms with E-state index in [4.69, 9.17) is 8.92 Å². The Morgan fingerprint density at radius 3 is 2.55 bits per heavy atom. The van der Waals surface area contributed by atoms with Crippen LogP contribution in [-0.4, -0.2) is 26.4 Å². The molecule has 0 amide bonds. The van der Waals surface area contributed by atoms with Crippen LogP contribution in [0.25, 0.3) is 0 Å². The molecule has 0 saturated heterocycles. The minimum atomic E-state index is -3.39. The largest absolute Gasteiger partial charge is 0.373 e. The second kappa shape index (κ2) is 7.20. The van der Waals surface area contributed by atoms with Crippen LogP contribution < -0.4 is 0 Å². The van der Waals surface area contributed by atoms with Crippen molar-refractivity contribution in [2.75, 3.05) is 6.61 Å². The van der Waals surface area contributed by atoms with Crippen LogP contribution >= 0.6 is 0 Å². The second-order valence-electron chi connectivity index (χ2n) is 5.18. The van der Waals surface area contributed by atoms with Crippen LogP contribution in [0, 0.1) is 0 Å². The summed E-state index contributed by atoms with van der Waals surface area (Å²) in [7, 11) is -3.39. The number of rotatable bonds is 8. The minimum absolute atomic E-state index is 0.0322. The Morgan fingerprint density at radius 1 is 1.20 bits per heavy atom. The smallest absolute Gasteiger partial charge is 0.270 e. The summed E-state index contributed by atoms with van der Waals surface area (Å²) in [6.45, 7) is 2.84. The first-order valence-corrected chi connectivity index (χ1v) is 8.62. The Bertz CT molecular complexity index is 492. The number of benzene rings is 1. The molecule has 20 heavy (non-hydrogen) atoms. The molecule has 0 N–H and O–H groups in total. The van der Waals surface area contributed by atoms with Crippen molar-refractivity contribution in [3.63, 3.8) is 0 Å². The molecular weight excluding hydrogens is 276 g/mol. The fourth-order valence-corrected chi connectivity index (χ4v) is 3.54. The standard InChI is InChI=1S/C15H22O4S/c1-2-3-9-19-20(16,17)15-10-14(11-15)18-12-13-7-5-4-6-8-13/h4-8,14-15H,2-3,9-12H2,1H3. The quantitative estimate of drug-likeness (QED) is 0.547. The molecule has 1 aliphatic rings. The van der Waals surface area contributed by atoms with Crippen LogP contribution in [0.3, 0.4) is 0 Å². The molecule has 5 heteroatoms. The summed E-state index contributed by atoms with van der Waals surface area (Å²) in [5.74, 6) is 0. The lowest BCUT2D eigenvalue weighted by Crippen LogP contribution is -2.41. The third-order valence-electron chi connectivity index (χ3n) is 3.53. The molecule has 0 radical (unpaired) electrons. The molecule has 4 nitrogen and oxygen atoms in total. The van der Waals surface area contributed by atoms with Crippen LogP contribution in [0.1, 0.15) is 38.2 Å². The first-order chi connectivity index (χ1) is 9.62. The second-order valence-corrected chi connectivity index (χ2v) is 7.07. The van der Waals surface area contributed by atoms with Gasteiger partial charge in [0.25, 0.3) is 10.1 Å². The number of hydrogen-bond acceptors (Lipinski definition) is 4. The molecule has 112 valence electrons. The molecule has 0 atom stereocenters. The van der Waals surface area contributed by atoms with E-state index < -0.39 is 10.1 Å². The lowest BCUT2D eigenvalue weighted by atomic mass is 9.95. The fourth-order valence-electron chi connectivity index (χ4n) is 2.09. The molecule has 0 aliphatic heterocycles. The average Bonchev–Trinajstić information content (AvgIpc) is 2.38. The monoisotopic (exact) mass is 298 g/mol. The maximum absolute atomic E-state index is 11.8. The summed E-state index contributed by atoms with van der Waals surface area (Å²) in [4.78, 5) is 0. The van der Waals surface area contributed by atoms with Gasteiger partial charge in [-0.25, -0.2) is 0 Å². The van der Waals surface area contributed by atoms with Crippen molar-refractivity contribution in [1.29, 1.82) is 0 Å². The number of unbranched alkanes of at least 4 members (excludes halogenated alkanes) is 1. The summed E-state index contributed by atoms with van der Waals surface area (Å²) in [5.41, 5.74) is 1.11. The Morgan fingerprint density at radius 2 is 1.90 bits per heavy atom. The summed E-state index contributed by atoms with van der Waals surface area (Å²) >= 11 is 0. The van der Waals surface area contributed by atoms with Crippen molar-refractivity contribution in [1.82, 2.24) is 0 Å². The molecule has 0 spiro atoms. The Labute approximate surface area is 121 Å². The minimum Gasteiger partial charge on any atom is -0.373 e. The van der Waals surface area contributed by atoms with Gasteiger partial charge in [-0.3, -0.25) is 4.18 Å². The Kier molecular flexibility index (Phi) is 5.57. The highest BCUT2D eigenvalue weighted by atomic mass is 32.2. The molecule has 1 aliphatic carbocycles. The van der Waals surface area contributed by atoms with E-state index in [2.05, 4.69) is 0 Å². The first-order valence-electron chi connectivity index (χ1n) is 7.15. The molecule has 1 aromatic rings. The van der Waals surface area contributed by atoms with Crippen molar-refractivity contribution in [2.45, 2.75) is 50.6 Å². The molecule has 0 heterocycles. The van der Waals surface area contributed by atoms with Crippen molar-refractivity contribution in [3.05, 3.63) is 35.9 Å². The van der Waals surface area contributed by atoms with Gasteiger partial charge in [0.2, 0.25) is 0 Å². The molecule has 1 saturated carbocycles. The maximum atomic E-state index is 11.8. The molecule has 0 aromatic heterocycles. The molecule has 1 fully saturated rings. The zero-order valence-electron chi connectivity index (χ0n) is 11.8. The van der Waals surface area contributed by atoms with Crippen LogP contribution in [0.2, 0.25) is 0 Å². The lowest BCUT2D eigenvalue weighted by Gasteiger charge is -2.33. The summed E-state index contributed by atoms with van der Waals surface area (Å²) in [6, 6.07) is 9.90. The average molecular weight is 298 g/mol. The van der Waals surface area contributed by atoms with Crippen LogP contribution in [0.5, 0.6) is 0 Å². The predicted molar refractivity (Wildman–Crippen MR) is 77.8 cm³/mol. The summed E-state index contributed by atoms with van der Waals surface area (Å²) in [6.07, 6.45) is 2.83. The predicted octanol–water partition coefficient (Wildman–Crippen LogP) is 2.88. The zero-order chi connectivity index (χ0) is 14.4. The fraction of sp³-hybridized carbons (Fsp3) is 0.600. The maximum Gasteiger partial charge on any atom is 0.270 e. The van der Waals surface area contributed by atoms with E-state index in [0.717, 1.165) is 18.4 Å². The third kappa shape index (κ3) is 4.30. The van der Waals surface area contributed by atoms with Gasteiger partial charge < -0.3 is 4.74 Å². The topological polar surface area (TPSA) is 52.6 Å². The molecular formula is C15H22O4S. The van der Waals surface area contributed by atoms with Crippen molar-refractivity contribution >= 4 is 10.1 Å². The summed E-state index contributed by atoms with van der Waals surface area (Å²) < 4.78 is 34.4. The van der Waals surface area contributed by atoms with E-state index in [0.29, 0.717) is 26.1 Å². The van der Waals surface area contributed by atoms with Gasteiger partial charge in [-0.1, -0.05) is 43.7 Å². The van der Waals surface area contributed by atoms with Crippen molar-refractivity contribution < 1.29 is 17.3 Å². The Hall–Kier alpha value is -0.910. The van der Waals surface area contributed by atoms with Gasteiger partial charge >= 0.3 is 0 Å². The van der Waals surface area contributed by atoms with Crippen LogP contribution in [0.15, 0.2) is 30.3 Å². The van der Waals surface area contributed by atoms with Crippen LogP contribution in [-0.2, 0) is 25.6 Å². The van der Waals surface area contributed by atoms with Gasteiger partial charge in [-0.05, 0) is 24.8 Å².